The highest BCUT2D eigenvalue weighted by atomic mass is 32.2. The first-order chi connectivity index (χ1) is 6.96. The smallest absolute Gasteiger partial charge is 0.243 e. The lowest BCUT2D eigenvalue weighted by Crippen LogP contribution is -2.16. The van der Waals surface area contributed by atoms with E-state index >= 15 is 0 Å². The number of rotatable bonds is 4. The van der Waals surface area contributed by atoms with Crippen LogP contribution in [0.25, 0.3) is 0 Å². The first-order valence-corrected chi connectivity index (χ1v) is 5.61. The molecule has 0 spiro atoms. The Hall–Kier alpha value is -1.34. The number of primary sulfonamides is 1. The number of sulfonamides is 1. The fourth-order valence-corrected chi connectivity index (χ4v) is 1.90. The lowest BCUT2D eigenvalue weighted by atomic mass is 10.3. The van der Waals surface area contributed by atoms with E-state index in [2.05, 4.69) is 0 Å². The topological polar surface area (TPSA) is 95.4 Å². The van der Waals surface area contributed by atoms with Gasteiger partial charge in [0.1, 0.15) is 23.9 Å². The minimum Gasteiger partial charge on any atom is -0.489 e. The molecule has 0 aliphatic carbocycles. The Morgan fingerprint density at radius 2 is 2.07 bits per heavy atom. The summed E-state index contributed by atoms with van der Waals surface area (Å²) in [5, 5.41) is 4.95. The molecule has 0 aliphatic heterocycles. The Balaban J connectivity index is 3.21. The normalized spacial score (nSPS) is 11.3. The molecular weight excluding hydrogens is 223 g/mol. The second kappa shape index (κ2) is 4.45. The van der Waals surface area contributed by atoms with Gasteiger partial charge in [0.15, 0.2) is 0 Å². The molecule has 0 fully saturated rings. The maximum atomic E-state index is 11.9. The minimum atomic E-state index is -3.97. The summed E-state index contributed by atoms with van der Waals surface area (Å²) in [6, 6.07) is 4.24. The molecule has 1 aromatic rings. The SMILES string of the molecule is Nc1cccc(OCCF)c1S(N)(=O)=O. The Kier molecular flexibility index (Phi) is 3.48. The quantitative estimate of drug-likeness (QED) is 0.731. The summed E-state index contributed by atoms with van der Waals surface area (Å²) in [4.78, 5) is -0.307. The summed E-state index contributed by atoms with van der Waals surface area (Å²) >= 11 is 0. The van der Waals surface area contributed by atoms with Gasteiger partial charge in [0, 0.05) is 0 Å². The third-order valence-corrected chi connectivity index (χ3v) is 2.63. The van der Waals surface area contributed by atoms with Crippen molar-refractivity contribution in [3.63, 3.8) is 0 Å². The standard InChI is InChI=1S/C8H11FN2O3S/c9-4-5-14-7-3-1-2-6(10)8(7)15(11,12)13/h1-3H,4-5,10H2,(H2,11,12,13). The molecule has 0 aliphatic rings. The van der Waals surface area contributed by atoms with E-state index in [1.54, 1.807) is 0 Å². The van der Waals surface area contributed by atoms with Gasteiger partial charge in [-0.15, -0.1) is 0 Å². The van der Waals surface area contributed by atoms with Gasteiger partial charge in [0.25, 0.3) is 0 Å². The number of halogens is 1. The van der Waals surface area contributed by atoms with Gasteiger partial charge >= 0.3 is 0 Å². The minimum absolute atomic E-state index is 0.0196. The van der Waals surface area contributed by atoms with Crippen LogP contribution in [0.3, 0.4) is 0 Å². The number of ether oxygens (including phenoxy) is 1. The van der Waals surface area contributed by atoms with Gasteiger partial charge in [-0.05, 0) is 12.1 Å². The summed E-state index contributed by atoms with van der Waals surface area (Å²) < 4.78 is 39.1. The molecule has 1 rings (SSSR count). The van der Waals surface area contributed by atoms with Crippen molar-refractivity contribution < 1.29 is 17.5 Å². The number of benzene rings is 1. The zero-order valence-corrected chi connectivity index (χ0v) is 8.63. The Bertz CT molecular complexity index is 447. The average molecular weight is 234 g/mol. The van der Waals surface area contributed by atoms with E-state index in [0.717, 1.165) is 0 Å². The highest BCUT2D eigenvalue weighted by molar-refractivity contribution is 7.89. The number of alkyl halides is 1. The zero-order chi connectivity index (χ0) is 11.5. The number of anilines is 1. The molecular formula is C8H11FN2O3S. The van der Waals surface area contributed by atoms with Gasteiger partial charge in [0.2, 0.25) is 10.0 Å². The molecule has 0 unspecified atom stereocenters. The predicted molar refractivity (Wildman–Crippen MR) is 53.7 cm³/mol. The third-order valence-electron chi connectivity index (χ3n) is 1.63. The maximum absolute atomic E-state index is 11.9. The van der Waals surface area contributed by atoms with Crippen LogP contribution in [0.2, 0.25) is 0 Å². The van der Waals surface area contributed by atoms with Crippen LogP contribution in [0.15, 0.2) is 23.1 Å². The van der Waals surface area contributed by atoms with Gasteiger partial charge in [-0.3, -0.25) is 0 Å². The van der Waals surface area contributed by atoms with Crippen LogP contribution >= 0.6 is 0 Å². The van der Waals surface area contributed by atoms with Gasteiger partial charge in [0.05, 0.1) is 5.69 Å². The summed E-state index contributed by atoms with van der Waals surface area (Å²) in [5.41, 5.74) is 5.43. The van der Waals surface area contributed by atoms with Gasteiger partial charge in [-0.25, -0.2) is 17.9 Å². The van der Waals surface area contributed by atoms with E-state index in [0.29, 0.717) is 0 Å². The average Bonchev–Trinajstić information content (AvgIpc) is 2.12. The van der Waals surface area contributed by atoms with Crippen molar-refractivity contribution in [1.82, 2.24) is 0 Å². The molecule has 5 nitrogen and oxygen atoms in total. The van der Waals surface area contributed by atoms with E-state index in [1.165, 1.54) is 18.2 Å². The molecule has 1 aromatic carbocycles. The van der Waals surface area contributed by atoms with Crippen molar-refractivity contribution in [2.75, 3.05) is 19.0 Å². The molecule has 0 aromatic heterocycles. The second-order valence-corrected chi connectivity index (χ2v) is 4.26. The van der Waals surface area contributed by atoms with Gasteiger partial charge in [-0.1, -0.05) is 6.07 Å². The lowest BCUT2D eigenvalue weighted by Gasteiger charge is -2.10. The van der Waals surface area contributed by atoms with E-state index in [4.69, 9.17) is 15.6 Å². The van der Waals surface area contributed by atoms with E-state index in [-0.39, 0.29) is 22.9 Å². The van der Waals surface area contributed by atoms with Crippen molar-refractivity contribution in [3.8, 4) is 5.75 Å². The molecule has 7 heteroatoms. The molecule has 0 heterocycles. The maximum Gasteiger partial charge on any atom is 0.243 e. The third kappa shape index (κ3) is 2.80. The van der Waals surface area contributed by atoms with E-state index in [9.17, 15) is 12.8 Å². The zero-order valence-electron chi connectivity index (χ0n) is 7.81. The summed E-state index contributed by atoms with van der Waals surface area (Å²) in [6.45, 7) is -0.967. The lowest BCUT2D eigenvalue weighted by molar-refractivity contribution is 0.267. The molecule has 0 saturated heterocycles. The summed E-state index contributed by atoms with van der Waals surface area (Å²) in [6.07, 6.45) is 0. The molecule has 0 radical (unpaired) electrons. The van der Waals surface area contributed by atoms with Crippen LogP contribution in [0.1, 0.15) is 0 Å². The van der Waals surface area contributed by atoms with E-state index < -0.39 is 16.7 Å². The molecule has 0 saturated carbocycles. The summed E-state index contributed by atoms with van der Waals surface area (Å²) in [7, 11) is -3.97. The van der Waals surface area contributed by atoms with Crippen LogP contribution < -0.4 is 15.6 Å². The van der Waals surface area contributed by atoms with Crippen molar-refractivity contribution in [1.29, 1.82) is 0 Å². The monoisotopic (exact) mass is 234 g/mol. The van der Waals surface area contributed by atoms with Crippen molar-refractivity contribution in [2.24, 2.45) is 5.14 Å². The highest BCUT2D eigenvalue weighted by Crippen LogP contribution is 2.28. The molecule has 0 amide bonds. The van der Waals surface area contributed by atoms with Crippen LogP contribution in [0.5, 0.6) is 5.75 Å². The first kappa shape index (κ1) is 11.7. The Labute approximate surface area is 86.9 Å². The largest absolute Gasteiger partial charge is 0.489 e. The van der Waals surface area contributed by atoms with E-state index in [1.807, 2.05) is 0 Å². The predicted octanol–water partition coefficient (Wildman–Crippen LogP) is 0.265. The Morgan fingerprint density at radius 1 is 1.40 bits per heavy atom. The number of hydrogen-bond donors (Lipinski definition) is 2. The van der Waals surface area contributed by atoms with Crippen molar-refractivity contribution in [3.05, 3.63) is 18.2 Å². The van der Waals surface area contributed by atoms with Gasteiger partial charge in [-0.2, -0.15) is 0 Å². The van der Waals surface area contributed by atoms with Crippen molar-refractivity contribution >= 4 is 15.7 Å². The number of nitrogen functional groups attached to an aromatic ring is 1. The highest BCUT2D eigenvalue weighted by Gasteiger charge is 2.18. The van der Waals surface area contributed by atoms with Crippen LogP contribution in [0, 0.1) is 0 Å². The van der Waals surface area contributed by atoms with Gasteiger partial charge < -0.3 is 10.5 Å². The fraction of sp³-hybridized carbons (Fsp3) is 0.250. The van der Waals surface area contributed by atoms with Crippen molar-refractivity contribution in [2.45, 2.75) is 4.90 Å². The Morgan fingerprint density at radius 3 is 2.60 bits per heavy atom. The molecule has 84 valence electrons. The first-order valence-electron chi connectivity index (χ1n) is 4.07. The molecule has 0 bridgehead atoms. The molecule has 4 N–H and O–H groups in total. The summed E-state index contributed by atoms with van der Waals surface area (Å²) in [5.74, 6) is -0.0323. The van der Waals surface area contributed by atoms with Crippen LogP contribution in [0.4, 0.5) is 10.1 Å². The second-order valence-electron chi connectivity index (χ2n) is 2.76. The number of hydrogen-bond acceptors (Lipinski definition) is 4. The molecule has 0 atom stereocenters. The number of nitrogens with two attached hydrogens (primary N) is 2. The van der Waals surface area contributed by atoms with Crippen LogP contribution in [-0.2, 0) is 10.0 Å². The fourth-order valence-electron chi connectivity index (χ4n) is 1.10. The van der Waals surface area contributed by atoms with Crippen LogP contribution in [-0.4, -0.2) is 21.7 Å². The molecule has 15 heavy (non-hydrogen) atoms.